The van der Waals surface area contributed by atoms with E-state index in [0.29, 0.717) is 18.9 Å². The third-order valence-corrected chi connectivity index (χ3v) is 5.32. The first kappa shape index (κ1) is 17.9. The summed E-state index contributed by atoms with van der Waals surface area (Å²) in [7, 11) is 1.96. The molecule has 1 amide bonds. The fraction of sp³-hybridized carbons (Fsp3) is 0.474. The monoisotopic (exact) mass is 359 g/mol. The van der Waals surface area contributed by atoms with Gasteiger partial charge in [0, 0.05) is 18.5 Å². The van der Waals surface area contributed by atoms with Gasteiger partial charge in [-0.25, -0.2) is 4.98 Å². The van der Waals surface area contributed by atoms with Gasteiger partial charge in [-0.05, 0) is 45.0 Å². The fourth-order valence-corrected chi connectivity index (χ4v) is 3.76. The molecule has 5 nitrogen and oxygen atoms in total. The molecule has 1 aliphatic heterocycles. The Labute approximate surface area is 153 Å². The normalized spacial score (nSPS) is 17.0. The van der Waals surface area contributed by atoms with E-state index in [1.807, 2.05) is 41.6 Å². The minimum atomic E-state index is 0.176. The summed E-state index contributed by atoms with van der Waals surface area (Å²) < 4.78 is 5.75. The van der Waals surface area contributed by atoms with Crippen molar-refractivity contribution in [3.8, 4) is 5.75 Å². The second kappa shape index (κ2) is 8.45. The van der Waals surface area contributed by atoms with Gasteiger partial charge in [-0.1, -0.05) is 17.7 Å². The number of benzene rings is 1. The average molecular weight is 359 g/mol. The molecule has 1 N–H and O–H groups in total. The molecule has 0 radical (unpaired) electrons. The molecule has 1 fully saturated rings. The zero-order chi connectivity index (χ0) is 17.6. The Bertz CT molecular complexity index is 699. The van der Waals surface area contributed by atoms with Crippen molar-refractivity contribution >= 4 is 17.2 Å². The van der Waals surface area contributed by atoms with E-state index in [1.54, 1.807) is 11.3 Å². The van der Waals surface area contributed by atoms with E-state index in [9.17, 15) is 4.79 Å². The summed E-state index contributed by atoms with van der Waals surface area (Å²) in [4.78, 5) is 18.9. The van der Waals surface area contributed by atoms with Crippen molar-refractivity contribution in [3.05, 3.63) is 45.9 Å². The van der Waals surface area contributed by atoms with Gasteiger partial charge in [-0.2, -0.15) is 0 Å². The quantitative estimate of drug-likeness (QED) is 0.826. The van der Waals surface area contributed by atoms with Crippen LogP contribution in [-0.4, -0.2) is 42.5 Å². The summed E-state index contributed by atoms with van der Waals surface area (Å²) in [5, 5.41) is 6.06. The van der Waals surface area contributed by atoms with Crippen LogP contribution in [0.25, 0.3) is 0 Å². The molecule has 134 valence electrons. The van der Waals surface area contributed by atoms with Gasteiger partial charge in [-0.3, -0.25) is 4.79 Å². The molecular formula is C19H25N3O2S. The zero-order valence-corrected chi connectivity index (χ0v) is 15.6. The number of hydrogen-bond acceptors (Lipinski definition) is 5. The van der Waals surface area contributed by atoms with Gasteiger partial charge >= 0.3 is 0 Å². The summed E-state index contributed by atoms with van der Waals surface area (Å²) in [5.41, 5.74) is 2.05. The molecule has 1 atom stereocenters. The first-order valence-corrected chi connectivity index (χ1v) is 9.57. The molecule has 2 aromatic rings. The van der Waals surface area contributed by atoms with Gasteiger partial charge in [0.2, 0.25) is 5.91 Å². The second-order valence-electron chi connectivity index (χ2n) is 6.56. The molecule has 3 rings (SSSR count). The van der Waals surface area contributed by atoms with Crippen LogP contribution in [-0.2, 0) is 17.8 Å². The van der Waals surface area contributed by atoms with Gasteiger partial charge in [0.1, 0.15) is 17.4 Å². The number of amides is 1. The first-order valence-electron chi connectivity index (χ1n) is 8.69. The van der Waals surface area contributed by atoms with Crippen molar-refractivity contribution in [1.82, 2.24) is 15.2 Å². The van der Waals surface area contributed by atoms with E-state index >= 15 is 0 Å². The van der Waals surface area contributed by atoms with Crippen molar-refractivity contribution in [2.45, 2.75) is 26.4 Å². The number of nitrogens with one attached hydrogen (secondary N) is 1. The highest BCUT2D eigenvalue weighted by Crippen LogP contribution is 2.19. The Balaban J connectivity index is 1.48. The maximum Gasteiger partial charge on any atom is 0.228 e. The smallest absolute Gasteiger partial charge is 0.228 e. The van der Waals surface area contributed by atoms with Crippen LogP contribution in [0.3, 0.4) is 0 Å². The van der Waals surface area contributed by atoms with Crippen molar-refractivity contribution in [3.63, 3.8) is 0 Å². The Kier molecular flexibility index (Phi) is 6.04. The number of likely N-dealkylation sites (tertiary alicyclic amines) is 1. The Morgan fingerprint density at radius 1 is 1.40 bits per heavy atom. The molecule has 0 bridgehead atoms. The van der Waals surface area contributed by atoms with Gasteiger partial charge in [0.05, 0.1) is 12.1 Å². The molecule has 1 unspecified atom stereocenters. The number of rotatable bonds is 7. The van der Waals surface area contributed by atoms with Gasteiger partial charge in [0.15, 0.2) is 0 Å². The molecular weight excluding hydrogens is 334 g/mol. The van der Waals surface area contributed by atoms with Crippen molar-refractivity contribution in [1.29, 1.82) is 0 Å². The van der Waals surface area contributed by atoms with Gasteiger partial charge in [-0.15, -0.1) is 11.3 Å². The van der Waals surface area contributed by atoms with E-state index in [1.165, 1.54) is 5.56 Å². The number of aromatic nitrogens is 1. The zero-order valence-electron chi connectivity index (χ0n) is 14.8. The summed E-state index contributed by atoms with van der Waals surface area (Å²) in [5.74, 6) is 1.59. The van der Waals surface area contributed by atoms with Gasteiger partial charge < -0.3 is 15.0 Å². The fourth-order valence-electron chi connectivity index (χ4n) is 3.06. The van der Waals surface area contributed by atoms with Crippen LogP contribution in [0.15, 0.2) is 29.6 Å². The molecule has 2 heterocycles. The highest BCUT2D eigenvalue weighted by Gasteiger charge is 2.26. The summed E-state index contributed by atoms with van der Waals surface area (Å²) in [6.45, 7) is 5.18. The predicted octanol–water partition coefficient (Wildman–Crippen LogP) is 2.64. The molecule has 0 saturated carbocycles. The number of ether oxygens (including phenoxy) is 1. The minimum absolute atomic E-state index is 0.176. The number of carbonyl (C=O) groups is 1. The predicted molar refractivity (Wildman–Crippen MR) is 99.9 cm³/mol. The maximum atomic E-state index is 12.4. The Morgan fingerprint density at radius 3 is 2.96 bits per heavy atom. The molecule has 1 aromatic heterocycles. The molecule has 1 aromatic carbocycles. The van der Waals surface area contributed by atoms with E-state index in [0.717, 1.165) is 42.5 Å². The van der Waals surface area contributed by atoms with Crippen LogP contribution in [0.2, 0.25) is 0 Å². The standard InChI is InChI=1S/C19H25N3O2S/c1-14-3-5-17(6-4-14)24-12-18-21-16(13-25-18)9-19(23)22-8-7-15(11-22)10-20-2/h3-6,13,15,20H,7-12H2,1-2H3. The molecule has 0 aliphatic carbocycles. The first-order chi connectivity index (χ1) is 12.1. The van der Waals surface area contributed by atoms with E-state index in [4.69, 9.17) is 4.74 Å². The summed E-state index contributed by atoms with van der Waals surface area (Å²) in [6.07, 6.45) is 1.46. The Morgan fingerprint density at radius 2 is 2.20 bits per heavy atom. The third kappa shape index (κ3) is 5.03. The largest absolute Gasteiger partial charge is 0.486 e. The van der Waals surface area contributed by atoms with E-state index in [2.05, 4.69) is 17.2 Å². The van der Waals surface area contributed by atoms with Crippen LogP contribution in [0.4, 0.5) is 0 Å². The molecule has 25 heavy (non-hydrogen) atoms. The lowest BCUT2D eigenvalue weighted by atomic mass is 10.1. The van der Waals surface area contributed by atoms with Crippen LogP contribution in [0.1, 0.15) is 22.7 Å². The highest BCUT2D eigenvalue weighted by molar-refractivity contribution is 7.09. The van der Waals surface area contributed by atoms with Crippen molar-refractivity contribution in [2.75, 3.05) is 26.7 Å². The Hall–Kier alpha value is -1.92. The molecule has 6 heteroatoms. The van der Waals surface area contributed by atoms with Crippen LogP contribution in [0, 0.1) is 12.8 Å². The van der Waals surface area contributed by atoms with Crippen LogP contribution >= 0.6 is 11.3 Å². The number of nitrogens with zero attached hydrogens (tertiary/aromatic N) is 2. The second-order valence-corrected chi connectivity index (χ2v) is 7.51. The lowest BCUT2D eigenvalue weighted by Crippen LogP contribution is -2.31. The minimum Gasteiger partial charge on any atom is -0.486 e. The summed E-state index contributed by atoms with van der Waals surface area (Å²) >= 11 is 1.55. The number of hydrogen-bond donors (Lipinski definition) is 1. The van der Waals surface area contributed by atoms with Crippen molar-refractivity contribution in [2.24, 2.45) is 5.92 Å². The third-order valence-electron chi connectivity index (χ3n) is 4.45. The maximum absolute atomic E-state index is 12.4. The average Bonchev–Trinajstić information content (AvgIpc) is 3.24. The van der Waals surface area contributed by atoms with E-state index in [-0.39, 0.29) is 5.91 Å². The lowest BCUT2D eigenvalue weighted by Gasteiger charge is -2.15. The van der Waals surface area contributed by atoms with E-state index < -0.39 is 0 Å². The molecule has 1 aliphatic rings. The number of carbonyl (C=O) groups excluding carboxylic acids is 1. The number of aryl methyl sites for hydroxylation is 1. The number of thiazole rings is 1. The van der Waals surface area contributed by atoms with Gasteiger partial charge in [0.25, 0.3) is 0 Å². The van der Waals surface area contributed by atoms with Crippen LogP contribution in [0.5, 0.6) is 5.75 Å². The topological polar surface area (TPSA) is 54.5 Å². The summed E-state index contributed by atoms with van der Waals surface area (Å²) in [6, 6.07) is 7.97. The molecule has 1 saturated heterocycles. The highest BCUT2D eigenvalue weighted by atomic mass is 32.1. The van der Waals surface area contributed by atoms with Crippen molar-refractivity contribution < 1.29 is 9.53 Å². The SMILES string of the molecule is CNCC1CCN(C(=O)Cc2csc(COc3ccc(C)cc3)n2)C1. The lowest BCUT2D eigenvalue weighted by molar-refractivity contribution is -0.129. The molecule has 0 spiro atoms. The van der Waals surface area contributed by atoms with Crippen LogP contribution < -0.4 is 10.1 Å².